The van der Waals surface area contributed by atoms with Gasteiger partial charge >= 0.3 is 0 Å². The molecule has 2 heteroatoms. The normalized spacial score (nSPS) is 11.7. The second-order valence-corrected chi connectivity index (χ2v) is 16.2. The number of rotatable bonds is 6. The minimum atomic E-state index is 1.17. The van der Waals surface area contributed by atoms with Crippen LogP contribution in [0.1, 0.15) is 5.56 Å². The molecule has 2 nitrogen and oxygen atoms in total. The van der Waals surface area contributed by atoms with Gasteiger partial charge in [-0.25, -0.2) is 0 Å². The molecule has 0 saturated carbocycles. The van der Waals surface area contributed by atoms with Crippen molar-refractivity contribution < 1.29 is 0 Å². The van der Waals surface area contributed by atoms with Crippen LogP contribution in [0, 0.1) is 6.92 Å². The van der Waals surface area contributed by atoms with Crippen LogP contribution in [0.4, 0.5) is 0 Å². The first-order valence-corrected chi connectivity index (χ1v) is 21.1. The highest BCUT2D eigenvalue weighted by Crippen LogP contribution is 2.41. The maximum absolute atomic E-state index is 2.45. The molecule has 0 spiro atoms. The van der Waals surface area contributed by atoms with Crippen molar-refractivity contribution in [2.24, 2.45) is 0 Å². The molecule has 0 atom stereocenters. The highest BCUT2D eigenvalue weighted by molar-refractivity contribution is 6.14. The number of aromatic nitrogens is 2. The van der Waals surface area contributed by atoms with E-state index in [2.05, 4.69) is 241 Å². The molecule has 0 N–H and O–H groups in total. The first-order valence-electron chi connectivity index (χ1n) is 21.1. The van der Waals surface area contributed by atoms with Crippen LogP contribution in [0.2, 0.25) is 0 Å². The number of hydrogen-bond donors (Lipinski definition) is 0. The van der Waals surface area contributed by atoms with Gasteiger partial charge in [-0.15, -0.1) is 0 Å². The van der Waals surface area contributed by atoms with E-state index >= 15 is 0 Å². The number of benzene rings is 10. The molecule has 0 radical (unpaired) electrons. The Labute approximate surface area is 354 Å². The Morgan fingerprint density at radius 3 is 1.36 bits per heavy atom. The quantitative estimate of drug-likeness (QED) is 0.159. The maximum atomic E-state index is 2.45. The van der Waals surface area contributed by atoms with E-state index in [-0.39, 0.29) is 0 Å². The molecule has 0 aliphatic heterocycles. The fraction of sp³-hybridized carbons (Fsp3) is 0.0169. The van der Waals surface area contributed by atoms with E-state index in [0.29, 0.717) is 0 Å². The summed E-state index contributed by atoms with van der Waals surface area (Å²) in [5, 5.41) is 7.47. The van der Waals surface area contributed by atoms with Crippen molar-refractivity contribution in [1.82, 2.24) is 9.13 Å². The smallest absolute Gasteiger partial charge is 0.0541 e. The Hall–Kier alpha value is -7.94. The first kappa shape index (κ1) is 35.0. The zero-order chi connectivity index (χ0) is 40.4. The second-order valence-electron chi connectivity index (χ2n) is 16.2. The van der Waals surface area contributed by atoms with Crippen LogP contribution in [-0.4, -0.2) is 9.13 Å². The van der Waals surface area contributed by atoms with Crippen LogP contribution in [0.5, 0.6) is 0 Å². The van der Waals surface area contributed by atoms with Gasteiger partial charge in [0, 0.05) is 32.6 Å². The molecule has 0 bridgehead atoms. The van der Waals surface area contributed by atoms with Gasteiger partial charge in [0.05, 0.1) is 27.8 Å². The van der Waals surface area contributed by atoms with E-state index in [4.69, 9.17) is 0 Å². The summed E-state index contributed by atoms with van der Waals surface area (Å²) in [5.74, 6) is 0. The number of para-hydroxylation sites is 2. The lowest BCUT2D eigenvalue weighted by molar-refractivity contribution is 1.17. The molecule has 286 valence electrons. The molecule has 2 heterocycles. The van der Waals surface area contributed by atoms with Crippen molar-refractivity contribution in [3.8, 4) is 55.9 Å². The zero-order valence-electron chi connectivity index (χ0n) is 33.8. The topological polar surface area (TPSA) is 9.86 Å². The average Bonchev–Trinajstić information content (AvgIpc) is 3.84. The summed E-state index contributed by atoms with van der Waals surface area (Å²) in [7, 11) is 0. The molecule has 2 aromatic heterocycles. The molecule has 0 unspecified atom stereocenters. The summed E-state index contributed by atoms with van der Waals surface area (Å²) < 4.78 is 4.89. The van der Waals surface area contributed by atoms with Crippen molar-refractivity contribution in [1.29, 1.82) is 0 Å². The van der Waals surface area contributed by atoms with Gasteiger partial charge in [-0.1, -0.05) is 170 Å². The molecule has 0 aliphatic rings. The Balaban J connectivity index is 0.976. The van der Waals surface area contributed by atoms with Crippen molar-refractivity contribution >= 4 is 54.4 Å². The maximum Gasteiger partial charge on any atom is 0.0541 e. The molecule has 10 aromatic carbocycles. The third-order valence-electron chi connectivity index (χ3n) is 12.6. The van der Waals surface area contributed by atoms with Crippen LogP contribution in [0.15, 0.2) is 224 Å². The predicted octanol–water partition coefficient (Wildman–Crippen LogP) is 16.0. The number of fused-ring (bicyclic) bond motifs is 7. The monoisotopic (exact) mass is 776 g/mol. The van der Waals surface area contributed by atoms with Gasteiger partial charge in [0.2, 0.25) is 0 Å². The highest BCUT2D eigenvalue weighted by Gasteiger charge is 2.18. The minimum absolute atomic E-state index is 1.17. The Morgan fingerprint density at radius 1 is 0.262 bits per heavy atom. The van der Waals surface area contributed by atoms with E-state index in [1.54, 1.807) is 0 Å². The third kappa shape index (κ3) is 5.79. The summed E-state index contributed by atoms with van der Waals surface area (Å²) in [6.45, 7) is 2.20. The molecular formula is C59H40N2. The highest BCUT2D eigenvalue weighted by atomic mass is 15.0. The van der Waals surface area contributed by atoms with E-state index < -0.39 is 0 Å². The predicted molar refractivity (Wildman–Crippen MR) is 259 cm³/mol. The van der Waals surface area contributed by atoms with Crippen LogP contribution in [0.3, 0.4) is 0 Å². The molecule has 12 aromatic rings. The molecular weight excluding hydrogens is 737 g/mol. The van der Waals surface area contributed by atoms with E-state index in [1.165, 1.54) is 116 Å². The fourth-order valence-corrected chi connectivity index (χ4v) is 9.73. The van der Waals surface area contributed by atoms with E-state index in [9.17, 15) is 0 Å². The summed E-state index contributed by atoms with van der Waals surface area (Å²) >= 11 is 0. The first-order chi connectivity index (χ1) is 30.2. The van der Waals surface area contributed by atoms with Crippen molar-refractivity contribution in [3.05, 3.63) is 230 Å². The van der Waals surface area contributed by atoms with Gasteiger partial charge in [0.15, 0.2) is 0 Å². The van der Waals surface area contributed by atoms with Gasteiger partial charge in [0.1, 0.15) is 0 Å². The number of hydrogen-bond acceptors (Lipinski definition) is 0. The van der Waals surface area contributed by atoms with E-state index in [0.717, 1.165) is 0 Å². The largest absolute Gasteiger partial charge is 0.309 e. The Kier molecular flexibility index (Phi) is 8.11. The molecule has 0 saturated heterocycles. The van der Waals surface area contributed by atoms with E-state index in [1.807, 2.05) is 0 Å². The average molecular weight is 777 g/mol. The Bertz CT molecular complexity index is 3630. The van der Waals surface area contributed by atoms with Crippen LogP contribution < -0.4 is 0 Å². The lowest BCUT2D eigenvalue weighted by Crippen LogP contribution is -1.96. The zero-order valence-corrected chi connectivity index (χ0v) is 33.8. The third-order valence-corrected chi connectivity index (χ3v) is 12.6. The molecule has 0 aliphatic carbocycles. The minimum Gasteiger partial charge on any atom is -0.309 e. The van der Waals surface area contributed by atoms with Gasteiger partial charge in [-0.3, -0.25) is 0 Å². The Morgan fingerprint density at radius 2 is 0.721 bits per heavy atom. The summed E-state index contributed by atoms with van der Waals surface area (Å²) in [6.07, 6.45) is 0. The molecule has 0 fully saturated rings. The van der Waals surface area contributed by atoms with Crippen LogP contribution in [0.25, 0.3) is 110 Å². The summed E-state index contributed by atoms with van der Waals surface area (Å²) in [5.41, 5.74) is 18.2. The van der Waals surface area contributed by atoms with Gasteiger partial charge < -0.3 is 9.13 Å². The molecule has 12 rings (SSSR count). The van der Waals surface area contributed by atoms with Gasteiger partial charge in [-0.2, -0.15) is 0 Å². The lowest BCUT2D eigenvalue weighted by atomic mass is 9.97. The van der Waals surface area contributed by atoms with Gasteiger partial charge in [0.25, 0.3) is 0 Å². The van der Waals surface area contributed by atoms with Crippen LogP contribution >= 0.6 is 0 Å². The van der Waals surface area contributed by atoms with Crippen molar-refractivity contribution in [3.63, 3.8) is 0 Å². The standard InChI is InChI=1S/C59H40N2/c1-39-34-46(42-26-24-41(25-27-42)40-14-4-2-5-15-40)36-47(35-39)60-55-22-12-10-20-51(55)53-37-44(28-31-58(53)60)45-29-32-59-54(38-45)52-21-11-13-23-56(52)61(59)57-33-30-48(43-16-6-3-7-17-43)49-18-8-9-19-50(49)57/h2-38H,1H3. The van der Waals surface area contributed by atoms with Crippen molar-refractivity contribution in [2.75, 3.05) is 0 Å². The van der Waals surface area contributed by atoms with Gasteiger partial charge in [-0.05, 0) is 117 Å². The number of nitrogens with zero attached hydrogens (tertiary/aromatic N) is 2. The lowest BCUT2D eigenvalue weighted by Gasteiger charge is -2.15. The number of aryl methyl sites for hydroxylation is 1. The summed E-state index contributed by atoms with van der Waals surface area (Å²) in [6, 6.07) is 82.3. The fourth-order valence-electron chi connectivity index (χ4n) is 9.73. The summed E-state index contributed by atoms with van der Waals surface area (Å²) in [4.78, 5) is 0. The van der Waals surface area contributed by atoms with Crippen molar-refractivity contribution in [2.45, 2.75) is 6.92 Å². The second kappa shape index (κ2) is 14.1. The SMILES string of the molecule is Cc1cc(-c2ccc(-c3ccccc3)cc2)cc(-n2c3ccccc3c3cc(-c4ccc5c(c4)c4ccccc4n5-c4ccc(-c5ccccc5)c5ccccc45)ccc32)c1. The molecule has 0 amide bonds. The van der Waals surface area contributed by atoms with Crippen LogP contribution in [-0.2, 0) is 0 Å². The molecule has 61 heavy (non-hydrogen) atoms.